The summed E-state index contributed by atoms with van der Waals surface area (Å²) in [5, 5.41) is 0. The topological polar surface area (TPSA) is 72.8 Å². The quantitative estimate of drug-likeness (QED) is 0.495. The summed E-state index contributed by atoms with van der Waals surface area (Å²) in [7, 11) is -4.39. The van der Waals surface area contributed by atoms with Crippen LogP contribution in [-0.2, 0) is 32.8 Å². The molecule has 28 heavy (non-hydrogen) atoms. The summed E-state index contributed by atoms with van der Waals surface area (Å²) in [5.41, 5.74) is 2.35. The van der Waals surface area contributed by atoms with Crippen molar-refractivity contribution in [3.05, 3.63) is 82.3 Å². The Hall–Kier alpha value is 0.0100. The molecular formula is C20H26Na2O5S. The SMILES string of the molecule is CC(C)=C(C(COCc1ccccc1)OCc1ccccc1)S(=O)(=O)O.[NaH].[NaH]. The summed E-state index contributed by atoms with van der Waals surface area (Å²) >= 11 is 0. The Morgan fingerprint density at radius 3 is 1.79 bits per heavy atom. The first-order valence-electron chi connectivity index (χ1n) is 8.30. The summed E-state index contributed by atoms with van der Waals surface area (Å²) in [6.07, 6.45) is -0.890. The number of allylic oxidation sites excluding steroid dienone is 1. The van der Waals surface area contributed by atoms with Gasteiger partial charge in [-0.15, -0.1) is 0 Å². The molecule has 0 aliphatic rings. The van der Waals surface area contributed by atoms with Crippen molar-refractivity contribution in [1.82, 2.24) is 0 Å². The molecule has 144 valence electrons. The Labute approximate surface area is 211 Å². The predicted octanol–water partition coefficient (Wildman–Crippen LogP) is 2.67. The molecule has 0 fully saturated rings. The molecule has 0 amide bonds. The molecule has 0 aromatic heterocycles. The van der Waals surface area contributed by atoms with E-state index in [2.05, 4.69) is 0 Å². The van der Waals surface area contributed by atoms with Gasteiger partial charge in [-0.3, -0.25) is 4.55 Å². The Morgan fingerprint density at radius 1 is 0.893 bits per heavy atom. The minimum absolute atomic E-state index is 0. The van der Waals surface area contributed by atoms with Gasteiger partial charge in [0, 0.05) is 0 Å². The van der Waals surface area contributed by atoms with Gasteiger partial charge in [0.2, 0.25) is 0 Å². The standard InChI is InChI=1S/C20H24O5S.2Na.2H/c1-16(2)20(26(21,22)23)19(25-14-18-11-7-4-8-12-18)15-24-13-17-9-5-3-6-10-17;;;;/h3-12,19H,13-15H2,1-2H3,(H,21,22,23);;;;. The van der Waals surface area contributed by atoms with E-state index in [-0.39, 0.29) is 77.2 Å². The average molecular weight is 424 g/mol. The van der Waals surface area contributed by atoms with Gasteiger partial charge in [0.15, 0.2) is 0 Å². The number of hydrogen-bond donors (Lipinski definition) is 1. The van der Waals surface area contributed by atoms with Crippen molar-refractivity contribution in [3.63, 3.8) is 0 Å². The summed E-state index contributed by atoms with van der Waals surface area (Å²) in [6.45, 7) is 3.81. The summed E-state index contributed by atoms with van der Waals surface area (Å²) in [5.74, 6) is 0. The Morgan fingerprint density at radius 2 is 1.36 bits per heavy atom. The molecule has 2 aromatic rings. The molecule has 5 nitrogen and oxygen atoms in total. The molecule has 0 aliphatic heterocycles. The van der Waals surface area contributed by atoms with Crippen molar-refractivity contribution in [2.75, 3.05) is 6.61 Å². The molecule has 0 spiro atoms. The third-order valence-electron chi connectivity index (χ3n) is 3.74. The molecular weight excluding hydrogens is 398 g/mol. The summed E-state index contributed by atoms with van der Waals surface area (Å²) in [6, 6.07) is 19.0. The first-order chi connectivity index (χ1) is 12.4. The van der Waals surface area contributed by atoms with Crippen molar-refractivity contribution in [1.29, 1.82) is 0 Å². The van der Waals surface area contributed by atoms with Crippen molar-refractivity contribution in [3.8, 4) is 0 Å². The second-order valence-corrected chi connectivity index (χ2v) is 7.52. The van der Waals surface area contributed by atoms with Gasteiger partial charge in [0.05, 0.1) is 19.8 Å². The molecule has 1 unspecified atom stereocenters. The minimum atomic E-state index is -4.39. The van der Waals surface area contributed by atoms with Gasteiger partial charge in [0.1, 0.15) is 11.0 Å². The maximum absolute atomic E-state index is 11.8. The van der Waals surface area contributed by atoms with Gasteiger partial charge in [-0.1, -0.05) is 66.2 Å². The molecule has 1 N–H and O–H groups in total. The van der Waals surface area contributed by atoms with Crippen LogP contribution in [0.1, 0.15) is 25.0 Å². The zero-order valence-electron chi connectivity index (χ0n) is 15.0. The van der Waals surface area contributed by atoms with Gasteiger partial charge in [-0.05, 0) is 25.0 Å². The van der Waals surface area contributed by atoms with E-state index in [1.54, 1.807) is 13.8 Å². The zero-order valence-corrected chi connectivity index (χ0v) is 15.8. The molecule has 0 saturated heterocycles. The first-order valence-corrected chi connectivity index (χ1v) is 9.74. The molecule has 0 radical (unpaired) electrons. The molecule has 8 heteroatoms. The van der Waals surface area contributed by atoms with E-state index in [9.17, 15) is 13.0 Å². The van der Waals surface area contributed by atoms with E-state index in [4.69, 9.17) is 9.47 Å². The number of rotatable bonds is 9. The average Bonchev–Trinajstić information content (AvgIpc) is 2.60. The normalized spacial score (nSPS) is 11.7. The third kappa shape index (κ3) is 9.67. The van der Waals surface area contributed by atoms with Gasteiger partial charge in [-0.2, -0.15) is 8.42 Å². The number of benzene rings is 2. The van der Waals surface area contributed by atoms with Crippen LogP contribution in [-0.4, -0.2) is 84.8 Å². The van der Waals surface area contributed by atoms with Crippen molar-refractivity contribution in [2.45, 2.75) is 33.2 Å². The van der Waals surface area contributed by atoms with Crippen LogP contribution in [0.4, 0.5) is 0 Å². The van der Waals surface area contributed by atoms with Crippen LogP contribution in [0.25, 0.3) is 0 Å². The number of ether oxygens (including phenoxy) is 2. The maximum atomic E-state index is 11.8. The third-order valence-corrected chi connectivity index (χ3v) is 4.96. The molecule has 0 heterocycles. The Kier molecular flexibility index (Phi) is 14.1. The fourth-order valence-electron chi connectivity index (χ4n) is 2.57. The van der Waals surface area contributed by atoms with E-state index in [0.29, 0.717) is 12.2 Å². The van der Waals surface area contributed by atoms with E-state index >= 15 is 0 Å². The second kappa shape index (κ2) is 14.1. The molecule has 0 saturated carbocycles. The van der Waals surface area contributed by atoms with E-state index in [1.807, 2.05) is 60.7 Å². The fourth-order valence-corrected chi connectivity index (χ4v) is 3.56. The van der Waals surface area contributed by atoms with Gasteiger partial charge in [0.25, 0.3) is 10.1 Å². The van der Waals surface area contributed by atoms with E-state index < -0.39 is 16.2 Å². The summed E-state index contributed by atoms with van der Waals surface area (Å²) in [4.78, 5) is -0.151. The van der Waals surface area contributed by atoms with Crippen molar-refractivity contribution >= 4 is 69.2 Å². The van der Waals surface area contributed by atoms with Gasteiger partial charge >= 0.3 is 59.1 Å². The Balaban J connectivity index is 0.00000364. The summed E-state index contributed by atoms with van der Waals surface area (Å²) < 4.78 is 44.7. The van der Waals surface area contributed by atoms with Crippen LogP contribution in [0.3, 0.4) is 0 Å². The van der Waals surface area contributed by atoms with Crippen molar-refractivity contribution in [2.24, 2.45) is 0 Å². The van der Waals surface area contributed by atoms with Crippen LogP contribution >= 0.6 is 0 Å². The van der Waals surface area contributed by atoms with Crippen LogP contribution in [0.2, 0.25) is 0 Å². The van der Waals surface area contributed by atoms with E-state index in [1.165, 1.54) is 0 Å². The van der Waals surface area contributed by atoms with Gasteiger partial charge in [-0.25, -0.2) is 0 Å². The van der Waals surface area contributed by atoms with Crippen LogP contribution in [0.5, 0.6) is 0 Å². The van der Waals surface area contributed by atoms with Crippen LogP contribution in [0.15, 0.2) is 71.1 Å². The van der Waals surface area contributed by atoms with Crippen LogP contribution < -0.4 is 0 Å². The molecule has 2 aromatic carbocycles. The molecule has 0 aliphatic carbocycles. The zero-order chi connectivity index (χ0) is 19.0. The molecule has 2 rings (SSSR count). The molecule has 0 bridgehead atoms. The monoisotopic (exact) mass is 424 g/mol. The van der Waals surface area contributed by atoms with Crippen molar-refractivity contribution < 1.29 is 22.4 Å². The van der Waals surface area contributed by atoms with Crippen LogP contribution in [0, 0.1) is 0 Å². The van der Waals surface area contributed by atoms with E-state index in [0.717, 1.165) is 11.1 Å². The van der Waals surface area contributed by atoms with Gasteiger partial charge < -0.3 is 9.47 Å². The predicted molar refractivity (Wildman–Crippen MR) is 115 cm³/mol. The first kappa shape index (κ1) is 28.0. The number of hydrogen-bond acceptors (Lipinski definition) is 4. The second-order valence-electron chi connectivity index (χ2n) is 6.13. The molecule has 1 atom stereocenters. The Bertz CT molecular complexity index is 820. The fraction of sp³-hybridized carbons (Fsp3) is 0.300.